The van der Waals surface area contributed by atoms with Gasteiger partial charge in [0.15, 0.2) is 0 Å². The van der Waals surface area contributed by atoms with Crippen LogP contribution in [0.2, 0.25) is 5.02 Å². The Bertz CT molecular complexity index is 724. The zero-order chi connectivity index (χ0) is 16.6. The van der Waals surface area contributed by atoms with E-state index in [2.05, 4.69) is 5.10 Å². The molecule has 0 radical (unpaired) electrons. The fourth-order valence-corrected chi connectivity index (χ4v) is 2.92. The minimum absolute atomic E-state index is 0.160. The Hall–Kier alpha value is -1.85. The SMILES string of the molecule is CN(CC(O)C1CC1)C(=O)c1cn(C)nc1-c1ccccc1Cl. The third-order valence-corrected chi connectivity index (χ3v) is 4.49. The van der Waals surface area contributed by atoms with Crippen molar-refractivity contribution in [2.24, 2.45) is 13.0 Å². The number of carbonyl (C=O) groups is 1. The lowest BCUT2D eigenvalue weighted by Crippen LogP contribution is -2.35. The summed E-state index contributed by atoms with van der Waals surface area (Å²) >= 11 is 6.24. The van der Waals surface area contributed by atoms with Crippen molar-refractivity contribution in [1.29, 1.82) is 0 Å². The lowest BCUT2D eigenvalue weighted by atomic mass is 10.1. The fourth-order valence-electron chi connectivity index (χ4n) is 2.70. The molecule has 122 valence electrons. The van der Waals surface area contributed by atoms with Crippen molar-refractivity contribution in [2.45, 2.75) is 18.9 Å². The topological polar surface area (TPSA) is 58.4 Å². The van der Waals surface area contributed by atoms with Crippen LogP contribution in [-0.2, 0) is 7.05 Å². The van der Waals surface area contributed by atoms with E-state index in [9.17, 15) is 9.90 Å². The van der Waals surface area contributed by atoms with E-state index in [-0.39, 0.29) is 5.91 Å². The van der Waals surface area contributed by atoms with Crippen LogP contribution in [0.15, 0.2) is 30.5 Å². The minimum atomic E-state index is -0.454. The number of hydrogen-bond donors (Lipinski definition) is 1. The molecule has 0 bridgehead atoms. The number of aliphatic hydroxyl groups is 1. The van der Waals surface area contributed by atoms with Gasteiger partial charge in [0.2, 0.25) is 0 Å². The predicted molar refractivity (Wildman–Crippen MR) is 89.3 cm³/mol. The number of benzene rings is 1. The molecule has 1 aromatic heterocycles. The van der Waals surface area contributed by atoms with Gasteiger partial charge in [0, 0.05) is 32.4 Å². The van der Waals surface area contributed by atoms with Crippen molar-refractivity contribution in [3.63, 3.8) is 0 Å². The second-order valence-electron chi connectivity index (χ2n) is 6.14. The normalized spacial score (nSPS) is 15.5. The smallest absolute Gasteiger partial charge is 0.257 e. The van der Waals surface area contributed by atoms with Gasteiger partial charge < -0.3 is 10.0 Å². The molecule has 1 aromatic carbocycles. The molecule has 1 saturated carbocycles. The standard InChI is InChI=1S/C17H20ClN3O2/c1-20(10-15(22)11-7-8-11)17(23)13-9-21(2)19-16(13)12-5-3-4-6-14(12)18/h3-6,9,11,15,22H,7-8,10H2,1-2H3. The third-order valence-electron chi connectivity index (χ3n) is 4.16. The van der Waals surface area contributed by atoms with E-state index < -0.39 is 6.10 Å². The second kappa shape index (κ2) is 6.34. The van der Waals surface area contributed by atoms with E-state index in [4.69, 9.17) is 11.6 Å². The number of halogens is 1. The Labute approximate surface area is 140 Å². The molecule has 0 aliphatic heterocycles. The van der Waals surface area contributed by atoms with E-state index in [0.717, 1.165) is 18.4 Å². The highest BCUT2D eigenvalue weighted by Crippen LogP contribution is 2.33. The molecule has 1 heterocycles. The van der Waals surface area contributed by atoms with Crippen LogP contribution in [-0.4, -0.2) is 45.4 Å². The van der Waals surface area contributed by atoms with Crippen molar-refractivity contribution in [3.8, 4) is 11.3 Å². The molecule has 1 N–H and O–H groups in total. The number of rotatable bonds is 5. The van der Waals surface area contributed by atoms with Crippen LogP contribution in [0.4, 0.5) is 0 Å². The van der Waals surface area contributed by atoms with E-state index in [1.807, 2.05) is 18.2 Å². The number of aromatic nitrogens is 2. The summed E-state index contributed by atoms with van der Waals surface area (Å²) in [7, 11) is 3.48. The van der Waals surface area contributed by atoms with Crippen LogP contribution in [0.5, 0.6) is 0 Å². The van der Waals surface area contributed by atoms with Gasteiger partial charge in [-0.15, -0.1) is 0 Å². The summed E-state index contributed by atoms with van der Waals surface area (Å²) in [5, 5.41) is 15.0. The summed E-state index contributed by atoms with van der Waals surface area (Å²) in [6.45, 7) is 0.334. The molecule has 3 rings (SSSR count). The lowest BCUT2D eigenvalue weighted by molar-refractivity contribution is 0.0646. The maximum atomic E-state index is 12.8. The maximum absolute atomic E-state index is 12.8. The first-order valence-corrected chi connectivity index (χ1v) is 8.07. The lowest BCUT2D eigenvalue weighted by Gasteiger charge is -2.20. The molecule has 1 aliphatic carbocycles. The predicted octanol–water partition coefficient (Wildman–Crippen LogP) is 2.58. The monoisotopic (exact) mass is 333 g/mol. The molecule has 1 unspecified atom stereocenters. The summed E-state index contributed by atoms with van der Waals surface area (Å²) < 4.78 is 1.61. The van der Waals surface area contributed by atoms with Crippen molar-refractivity contribution in [2.75, 3.05) is 13.6 Å². The number of aliphatic hydroxyl groups excluding tert-OH is 1. The number of carbonyl (C=O) groups excluding carboxylic acids is 1. The molecule has 1 aliphatic rings. The van der Waals surface area contributed by atoms with Crippen molar-refractivity contribution < 1.29 is 9.90 Å². The van der Waals surface area contributed by atoms with Gasteiger partial charge in [0.25, 0.3) is 5.91 Å². The number of likely N-dealkylation sites (N-methyl/N-ethyl adjacent to an activating group) is 1. The van der Waals surface area contributed by atoms with E-state index in [1.165, 1.54) is 0 Å². The van der Waals surface area contributed by atoms with Gasteiger partial charge in [-0.3, -0.25) is 9.48 Å². The Morgan fingerprint density at radius 2 is 2.17 bits per heavy atom. The van der Waals surface area contributed by atoms with Crippen molar-refractivity contribution >= 4 is 17.5 Å². The first kappa shape index (κ1) is 16.0. The number of aryl methyl sites for hydroxylation is 1. The Balaban J connectivity index is 1.87. The van der Waals surface area contributed by atoms with Gasteiger partial charge in [0.05, 0.1) is 16.7 Å². The number of nitrogens with zero attached hydrogens (tertiary/aromatic N) is 3. The van der Waals surface area contributed by atoms with Crippen LogP contribution in [0.3, 0.4) is 0 Å². The molecule has 1 amide bonds. The minimum Gasteiger partial charge on any atom is -0.391 e. The summed E-state index contributed by atoms with van der Waals surface area (Å²) in [6.07, 6.45) is 3.33. The van der Waals surface area contributed by atoms with E-state index >= 15 is 0 Å². The number of amides is 1. The average Bonchev–Trinajstić information content (AvgIpc) is 3.30. The van der Waals surface area contributed by atoms with Gasteiger partial charge >= 0.3 is 0 Å². The van der Waals surface area contributed by atoms with Gasteiger partial charge in [-0.05, 0) is 24.8 Å². The summed E-state index contributed by atoms with van der Waals surface area (Å²) in [4.78, 5) is 14.3. The summed E-state index contributed by atoms with van der Waals surface area (Å²) in [5.74, 6) is 0.176. The van der Waals surface area contributed by atoms with Crippen LogP contribution in [0.1, 0.15) is 23.2 Å². The molecule has 1 atom stereocenters. The molecule has 1 fully saturated rings. The van der Waals surface area contributed by atoms with Crippen molar-refractivity contribution in [1.82, 2.24) is 14.7 Å². The average molecular weight is 334 g/mol. The Morgan fingerprint density at radius 1 is 1.48 bits per heavy atom. The highest BCUT2D eigenvalue weighted by molar-refractivity contribution is 6.33. The quantitative estimate of drug-likeness (QED) is 0.915. The second-order valence-corrected chi connectivity index (χ2v) is 6.54. The third kappa shape index (κ3) is 3.41. The van der Waals surface area contributed by atoms with Crippen LogP contribution in [0, 0.1) is 5.92 Å². The highest BCUT2D eigenvalue weighted by Gasteiger charge is 2.32. The molecule has 5 nitrogen and oxygen atoms in total. The van der Waals surface area contributed by atoms with Crippen LogP contribution < -0.4 is 0 Å². The molecular weight excluding hydrogens is 314 g/mol. The van der Waals surface area contributed by atoms with E-state index in [0.29, 0.717) is 28.7 Å². The first-order valence-electron chi connectivity index (χ1n) is 7.69. The zero-order valence-electron chi connectivity index (χ0n) is 13.2. The molecule has 0 saturated heterocycles. The summed E-state index contributed by atoms with van der Waals surface area (Å²) in [6, 6.07) is 7.33. The van der Waals surface area contributed by atoms with Gasteiger partial charge in [0.1, 0.15) is 5.69 Å². The summed E-state index contributed by atoms with van der Waals surface area (Å²) in [5.41, 5.74) is 1.79. The molecular formula is C17H20ClN3O2. The largest absolute Gasteiger partial charge is 0.391 e. The fraction of sp³-hybridized carbons (Fsp3) is 0.412. The van der Waals surface area contributed by atoms with Crippen molar-refractivity contribution in [3.05, 3.63) is 41.0 Å². The molecule has 0 spiro atoms. The highest BCUT2D eigenvalue weighted by atomic mass is 35.5. The van der Waals surface area contributed by atoms with Gasteiger partial charge in [-0.25, -0.2) is 0 Å². The number of hydrogen-bond acceptors (Lipinski definition) is 3. The maximum Gasteiger partial charge on any atom is 0.257 e. The van der Waals surface area contributed by atoms with Crippen LogP contribution in [0.25, 0.3) is 11.3 Å². The first-order chi connectivity index (χ1) is 11.0. The molecule has 6 heteroatoms. The van der Waals surface area contributed by atoms with Gasteiger partial charge in [-0.2, -0.15) is 5.10 Å². The zero-order valence-corrected chi connectivity index (χ0v) is 14.0. The Kier molecular flexibility index (Phi) is 4.41. The van der Waals surface area contributed by atoms with E-state index in [1.54, 1.807) is 35.9 Å². The molecule has 2 aromatic rings. The Morgan fingerprint density at radius 3 is 2.83 bits per heavy atom. The molecule has 23 heavy (non-hydrogen) atoms. The van der Waals surface area contributed by atoms with Gasteiger partial charge in [-0.1, -0.05) is 29.8 Å². The van der Waals surface area contributed by atoms with Crippen LogP contribution >= 0.6 is 11.6 Å².